The molecule has 0 aliphatic heterocycles. The molecule has 0 unspecified atom stereocenters. The van der Waals surface area contributed by atoms with E-state index in [1.165, 1.54) is 11.3 Å². The number of carbonyl (C=O) groups excluding carboxylic acids is 1. The molecule has 0 spiro atoms. The van der Waals surface area contributed by atoms with Crippen LogP contribution in [-0.2, 0) is 6.54 Å². The Morgan fingerprint density at radius 3 is 2.85 bits per heavy atom. The van der Waals surface area contributed by atoms with Gasteiger partial charge in [0.05, 0.1) is 18.4 Å². The van der Waals surface area contributed by atoms with E-state index in [4.69, 9.17) is 4.74 Å². The molecule has 0 fully saturated rings. The second-order valence-electron chi connectivity index (χ2n) is 4.54. The SMILES string of the molecule is COc1ccccc1C(=O)Nc1nc(CN(C)C)cs1. The van der Waals surface area contributed by atoms with Gasteiger partial charge in [0.15, 0.2) is 5.13 Å². The molecule has 106 valence electrons. The molecule has 20 heavy (non-hydrogen) atoms. The molecular weight excluding hydrogens is 274 g/mol. The lowest BCUT2D eigenvalue weighted by molar-refractivity contribution is 0.102. The monoisotopic (exact) mass is 291 g/mol. The van der Waals surface area contributed by atoms with E-state index >= 15 is 0 Å². The van der Waals surface area contributed by atoms with Gasteiger partial charge in [0.1, 0.15) is 5.75 Å². The number of anilines is 1. The fourth-order valence-electron chi connectivity index (χ4n) is 1.76. The van der Waals surface area contributed by atoms with Crippen molar-refractivity contribution in [3.05, 3.63) is 40.9 Å². The predicted molar refractivity (Wildman–Crippen MR) is 80.5 cm³/mol. The van der Waals surface area contributed by atoms with E-state index in [0.29, 0.717) is 16.4 Å². The normalized spacial score (nSPS) is 10.6. The first kappa shape index (κ1) is 14.5. The smallest absolute Gasteiger partial charge is 0.261 e. The number of nitrogens with one attached hydrogen (secondary N) is 1. The number of hydrogen-bond acceptors (Lipinski definition) is 5. The number of amides is 1. The van der Waals surface area contributed by atoms with E-state index in [9.17, 15) is 4.79 Å². The Bertz CT molecular complexity index is 596. The zero-order chi connectivity index (χ0) is 14.5. The maximum absolute atomic E-state index is 12.2. The molecule has 1 heterocycles. The van der Waals surface area contributed by atoms with Crippen LogP contribution < -0.4 is 10.1 Å². The van der Waals surface area contributed by atoms with Gasteiger partial charge >= 0.3 is 0 Å². The molecule has 0 radical (unpaired) electrons. The number of thiazole rings is 1. The quantitative estimate of drug-likeness (QED) is 0.919. The molecule has 0 bridgehead atoms. The maximum Gasteiger partial charge on any atom is 0.261 e. The molecule has 0 aliphatic rings. The van der Waals surface area contributed by atoms with Crippen LogP contribution in [0, 0.1) is 0 Å². The van der Waals surface area contributed by atoms with E-state index < -0.39 is 0 Å². The van der Waals surface area contributed by atoms with E-state index in [1.54, 1.807) is 25.3 Å². The number of hydrogen-bond donors (Lipinski definition) is 1. The molecule has 6 heteroatoms. The van der Waals surface area contributed by atoms with Crippen molar-refractivity contribution < 1.29 is 9.53 Å². The van der Waals surface area contributed by atoms with E-state index in [1.807, 2.05) is 30.4 Å². The average Bonchev–Trinajstić information content (AvgIpc) is 2.85. The number of benzene rings is 1. The zero-order valence-corrected chi connectivity index (χ0v) is 12.5. The Morgan fingerprint density at radius 1 is 1.40 bits per heavy atom. The van der Waals surface area contributed by atoms with E-state index in [-0.39, 0.29) is 5.91 Å². The Balaban J connectivity index is 2.09. The fourth-order valence-corrected chi connectivity index (χ4v) is 2.45. The van der Waals surface area contributed by atoms with Gasteiger partial charge in [0.2, 0.25) is 0 Å². The Kier molecular flexibility index (Phi) is 4.70. The molecule has 2 aromatic rings. The minimum Gasteiger partial charge on any atom is -0.496 e. The maximum atomic E-state index is 12.2. The van der Waals surface area contributed by atoms with Crippen molar-refractivity contribution in [3.63, 3.8) is 0 Å². The third-order valence-electron chi connectivity index (χ3n) is 2.60. The molecule has 5 nitrogen and oxygen atoms in total. The highest BCUT2D eigenvalue weighted by Gasteiger charge is 2.13. The van der Waals surface area contributed by atoms with Crippen LogP contribution in [0.2, 0.25) is 0 Å². The lowest BCUT2D eigenvalue weighted by Crippen LogP contribution is -2.14. The highest BCUT2D eigenvalue weighted by atomic mass is 32.1. The summed E-state index contributed by atoms with van der Waals surface area (Å²) in [6, 6.07) is 7.11. The molecule has 1 aromatic carbocycles. The average molecular weight is 291 g/mol. The van der Waals surface area contributed by atoms with Gasteiger partial charge in [-0.05, 0) is 26.2 Å². The van der Waals surface area contributed by atoms with Crippen molar-refractivity contribution in [1.29, 1.82) is 0 Å². The van der Waals surface area contributed by atoms with Crippen molar-refractivity contribution in [2.45, 2.75) is 6.54 Å². The number of methoxy groups -OCH3 is 1. The number of para-hydroxylation sites is 1. The van der Waals surface area contributed by atoms with Gasteiger partial charge in [0.25, 0.3) is 5.91 Å². The van der Waals surface area contributed by atoms with Crippen molar-refractivity contribution in [1.82, 2.24) is 9.88 Å². The first-order chi connectivity index (χ1) is 9.60. The van der Waals surface area contributed by atoms with Crippen LogP contribution in [0.15, 0.2) is 29.6 Å². The summed E-state index contributed by atoms with van der Waals surface area (Å²) in [5, 5.41) is 5.33. The molecule has 1 aromatic heterocycles. The zero-order valence-electron chi connectivity index (χ0n) is 11.7. The fraction of sp³-hybridized carbons (Fsp3) is 0.286. The minimum atomic E-state index is -0.215. The largest absolute Gasteiger partial charge is 0.496 e. The predicted octanol–water partition coefficient (Wildman–Crippen LogP) is 2.47. The second kappa shape index (κ2) is 6.49. The van der Waals surface area contributed by atoms with Crippen LogP contribution in [0.25, 0.3) is 0 Å². The van der Waals surface area contributed by atoms with Gasteiger partial charge in [-0.15, -0.1) is 11.3 Å². The van der Waals surface area contributed by atoms with Gasteiger partial charge in [-0.2, -0.15) is 0 Å². The third-order valence-corrected chi connectivity index (χ3v) is 3.41. The van der Waals surface area contributed by atoms with Crippen LogP contribution in [0.4, 0.5) is 5.13 Å². The summed E-state index contributed by atoms with van der Waals surface area (Å²) in [5.41, 5.74) is 1.44. The van der Waals surface area contributed by atoms with Gasteiger partial charge in [-0.3, -0.25) is 10.1 Å². The third kappa shape index (κ3) is 3.55. The molecule has 0 atom stereocenters. The van der Waals surface area contributed by atoms with Gasteiger partial charge in [-0.1, -0.05) is 12.1 Å². The number of rotatable bonds is 5. The summed E-state index contributed by atoms with van der Waals surface area (Å²) < 4.78 is 5.18. The lowest BCUT2D eigenvalue weighted by Gasteiger charge is -2.07. The molecule has 0 saturated heterocycles. The highest BCUT2D eigenvalue weighted by molar-refractivity contribution is 7.13. The number of aromatic nitrogens is 1. The standard InChI is InChI=1S/C14H17N3O2S/c1-17(2)8-10-9-20-14(15-10)16-13(18)11-6-4-5-7-12(11)19-3/h4-7,9H,8H2,1-3H3,(H,15,16,18). The number of ether oxygens (including phenoxy) is 1. The highest BCUT2D eigenvalue weighted by Crippen LogP contribution is 2.21. The summed E-state index contributed by atoms with van der Waals surface area (Å²) in [6.07, 6.45) is 0. The molecular formula is C14H17N3O2S. The number of carbonyl (C=O) groups is 1. The van der Waals surface area contributed by atoms with Crippen LogP contribution >= 0.6 is 11.3 Å². The Hall–Kier alpha value is -1.92. The van der Waals surface area contributed by atoms with Gasteiger partial charge in [-0.25, -0.2) is 4.98 Å². The van der Waals surface area contributed by atoms with Crippen molar-refractivity contribution in [2.75, 3.05) is 26.5 Å². The molecule has 0 aliphatic carbocycles. The minimum absolute atomic E-state index is 0.215. The summed E-state index contributed by atoms with van der Waals surface area (Å²) in [6.45, 7) is 0.751. The van der Waals surface area contributed by atoms with Gasteiger partial charge < -0.3 is 9.64 Å². The van der Waals surface area contributed by atoms with E-state index in [2.05, 4.69) is 10.3 Å². The van der Waals surface area contributed by atoms with Crippen LogP contribution in [0.3, 0.4) is 0 Å². The molecule has 1 N–H and O–H groups in total. The van der Waals surface area contributed by atoms with Crippen LogP contribution in [-0.4, -0.2) is 37.0 Å². The summed E-state index contributed by atoms with van der Waals surface area (Å²) in [7, 11) is 5.50. The van der Waals surface area contributed by atoms with Crippen molar-refractivity contribution >= 4 is 22.4 Å². The molecule has 0 saturated carbocycles. The topological polar surface area (TPSA) is 54.5 Å². The van der Waals surface area contributed by atoms with Crippen LogP contribution in [0.5, 0.6) is 5.75 Å². The summed E-state index contributed by atoms with van der Waals surface area (Å²) in [5.74, 6) is 0.336. The second-order valence-corrected chi connectivity index (χ2v) is 5.39. The first-order valence-corrected chi connectivity index (χ1v) is 7.01. The van der Waals surface area contributed by atoms with Crippen LogP contribution in [0.1, 0.15) is 16.1 Å². The Morgan fingerprint density at radius 2 is 2.15 bits per heavy atom. The van der Waals surface area contributed by atoms with Crippen molar-refractivity contribution in [3.8, 4) is 5.75 Å². The van der Waals surface area contributed by atoms with E-state index in [0.717, 1.165) is 12.2 Å². The Labute approximate surface area is 122 Å². The lowest BCUT2D eigenvalue weighted by atomic mass is 10.2. The number of nitrogens with zero attached hydrogens (tertiary/aromatic N) is 2. The summed E-state index contributed by atoms with van der Waals surface area (Å²) >= 11 is 1.42. The van der Waals surface area contributed by atoms with Crippen molar-refractivity contribution in [2.24, 2.45) is 0 Å². The first-order valence-electron chi connectivity index (χ1n) is 6.13. The molecule has 1 amide bonds. The summed E-state index contributed by atoms with van der Waals surface area (Å²) in [4.78, 5) is 18.6. The van der Waals surface area contributed by atoms with Gasteiger partial charge in [0, 0.05) is 11.9 Å². The molecule has 2 rings (SSSR count).